The number of carbonyl (C=O) groups excluding carboxylic acids is 1. The lowest BCUT2D eigenvalue weighted by Crippen LogP contribution is -2.38. The van der Waals surface area contributed by atoms with Crippen molar-refractivity contribution in [3.05, 3.63) is 77.6 Å². The molecular formula is C24H22N4O3S. The largest absolute Gasteiger partial charge is 0.467 e. The van der Waals surface area contributed by atoms with Crippen molar-refractivity contribution in [2.24, 2.45) is 5.10 Å². The zero-order valence-corrected chi connectivity index (χ0v) is 18.2. The summed E-state index contributed by atoms with van der Waals surface area (Å²) in [6, 6.07) is 15.5. The molecule has 1 saturated heterocycles. The standard InChI is InChI=1S/C24H22N4O3S/c29-23(15-27-11-3-7-18(27)24-25-16-6-1-2-10-22(16)32-24)28-19(21-9-5-13-31-21)14-17(26-28)20-8-4-12-30-20/h1-2,4-6,8-10,12-13,18-19H,3,7,11,14-15H2/t18-,19+/m1/s1. The van der Waals surface area contributed by atoms with E-state index in [0.29, 0.717) is 18.7 Å². The molecule has 0 spiro atoms. The van der Waals surface area contributed by atoms with Crippen LogP contribution in [0.15, 0.2) is 75.0 Å². The zero-order chi connectivity index (χ0) is 21.5. The number of thiazole rings is 1. The van der Waals surface area contributed by atoms with Gasteiger partial charge in [-0.15, -0.1) is 11.3 Å². The van der Waals surface area contributed by atoms with E-state index in [1.165, 1.54) is 4.70 Å². The smallest absolute Gasteiger partial charge is 0.257 e. The van der Waals surface area contributed by atoms with E-state index in [0.717, 1.165) is 41.4 Å². The third-order valence-corrected chi connectivity index (χ3v) is 7.28. The first-order chi connectivity index (χ1) is 15.8. The number of nitrogens with zero attached hydrogens (tertiary/aromatic N) is 4. The predicted molar refractivity (Wildman–Crippen MR) is 121 cm³/mol. The van der Waals surface area contributed by atoms with E-state index < -0.39 is 0 Å². The van der Waals surface area contributed by atoms with Crippen LogP contribution in [0.5, 0.6) is 0 Å². The molecule has 2 aliphatic heterocycles. The third-order valence-electron chi connectivity index (χ3n) is 6.14. The second kappa shape index (κ2) is 8.03. The molecule has 162 valence electrons. The predicted octanol–water partition coefficient (Wildman–Crippen LogP) is 5.00. The van der Waals surface area contributed by atoms with E-state index in [9.17, 15) is 4.79 Å². The molecule has 32 heavy (non-hydrogen) atoms. The summed E-state index contributed by atoms with van der Waals surface area (Å²) in [5, 5.41) is 7.31. The van der Waals surface area contributed by atoms with Gasteiger partial charge in [-0.3, -0.25) is 9.69 Å². The van der Waals surface area contributed by atoms with Crippen molar-refractivity contribution in [3.8, 4) is 0 Å². The first-order valence-electron chi connectivity index (χ1n) is 10.8. The fourth-order valence-electron chi connectivity index (χ4n) is 4.61. The van der Waals surface area contributed by atoms with Crippen molar-refractivity contribution in [1.29, 1.82) is 0 Å². The van der Waals surface area contributed by atoms with Crippen LogP contribution in [0.1, 0.15) is 47.9 Å². The first-order valence-corrected chi connectivity index (χ1v) is 11.6. The molecule has 2 atom stereocenters. The van der Waals surface area contributed by atoms with E-state index in [4.69, 9.17) is 13.8 Å². The van der Waals surface area contributed by atoms with Crippen molar-refractivity contribution < 1.29 is 13.6 Å². The highest BCUT2D eigenvalue weighted by Gasteiger charge is 2.38. The lowest BCUT2D eigenvalue weighted by Gasteiger charge is -2.26. The van der Waals surface area contributed by atoms with Gasteiger partial charge in [0.15, 0.2) is 0 Å². The molecule has 8 heteroatoms. The minimum absolute atomic E-state index is 0.0408. The number of aromatic nitrogens is 1. The summed E-state index contributed by atoms with van der Waals surface area (Å²) in [6.45, 7) is 1.17. The van der Waals surface area contributed by atoms with Crippen LogP contribution in [0.4, 0.5) is 0 Å². The molecule has 0 unspecified atom stereocenters. The maximum atomic E-state index is 13.5. The molecule has 3 aromatic heterocycles. The van der Waals surface area contributed by atoms with Crippen LogP contribution >= 0.6 is 11.3 Å². The van der Waals surface area contributed by atoms with Gasteiger partial charge < -0.3 is 8.83 Å². The molecule has 0 aliphatic carbocycles. The minimum Gasteiger partial charge on any atom is -0.467 e. The van der Waals surface area contributed by atoms with Crippen molar-refractivity contribution >= 4 is 33.2 Å². The molecule has 0 bridgehead atoms. The summed E-state index contributed by atoms with van der Waals surface area (Å²) in [4.78, 5) is 20.5. The molecule has 7 nitrogen and oxygen atoms in total. The Morgan fingerprint density at radius 1 is 1.06 bits per heavy atom. The van der Waals surface area contributed by atoms with Gasteiger partial charge in [0, 0.05) is 6.42 Å². The number of likely N-dealkylation sites (tertiary alicyclic amines) is 1. The average Bonchev–Trinajstić information content (AvgIpc) is 3.61. The molecule has 1 fully saturated rings. The van der Waals surface area contributed by atoms with Crippen LogP contribution in [0.2, 0.25) is 0 Å². The quantitative estimate of drug-likeness (QED) is 0.431. The molecule has 0 N–H and O–H groups in total. The monoisotopic (exact) mass is 446 g/mol. The summed E-state index contributed by atoms with van der Waals surface area (Å²) in [5.74, 6) is 1.37. The van der Waals surface area contributed by atoms with Gasteiger partial charge in [0.2, 0.25) is 0 Å². The summed E-state index contributed by atoms with van der Waals surface area (Å²) in [6.07, 6.45) is 5.88. The number of furan rings is 2. The van der Waals surface area contributed by atoms with Crippen LogP contribution in [0, 0.1) is 0 Å². The van der Waals surface area contributed by atoms with Crippen LogP contribution in [-0.2, 0) is 4.79 Å². The van der Waals surface area contributed by atoms with E-state index >= 15 is 0 Å². The maximum Gasteiger partial charge on any atom is 0.257 e. The Bertz CT molecular complexity index is 1230. The second-order valence-electron chi connectivity index (χ2n) is 8.15. The van der Waals surface area contributed by atoms with E-state index in [-0.39, 0.29) is 18.0 Å². The fraction of sp³-hybridized carbons (Fsp3) is 0.292. The van der Waals surface area contributed by atoms with Gasteiger partial charge in [0.1, 0.15) is 28.3 Å². The van der Waals surface area contributed by atoms with E-state index in [1.807, 2.05) is 42.5 Å². The van der Waals surface area contributed by atoms with Crippen molar-refractivity contribution in [2.45, 2.75) is 31.3 Å². The SMILES string of the molecule is O=C(CN1CCC[C@@H]1c1nc2ccccc2s1)N1N=C(c2ccco2)C[C@H]1c1ccco1. The number of fused-ring (bicyclic) bond motifs is 1. The van der Waals surface area contributed by atoms with E-state index in [2.05, 4.69) is 16.1 Å². The first kappa shape index (κ1) is 19.5. The van der Waals surface area contributed by atoms with Crippen molar-refractivity contribution in [1.82, 2.24) is 14.9 Å². The number of benzene rings is 1. The molecule has 2 aliphatic rings. The van der Waals surface area contributed by atoms with Crippen LogP contribution in [0.3, 0.4) is 0 Å². The van der Waals surface area contributed by atoms with Gasteiger partial charge in [-0.2, -0.15) is 5.10 Å². The Kier molecular flexibility index (Phi) is 4.88. The topological polar surface area (TPSA) is 75.1 Å². The lowest BCUT2D eigenvalue weighted by atomic mass is 10.1. The van der Waals surface area contributed by atoms with Gasteiger partial charge in [-0.05, 0) is 55.8 Å². The number of para-hydroxylation sites is 1. The molecule has 1 amide bonds. The maximum absolute atomic E-state index is 13.5. The highest BCUT2D eigenvalue weighted by atomic mass is 32.1. The number of hydrogen-bond acceptors (Lipinski definition) is 7. The number of amides is 1. The highest BCUT2D eigenvalue weighted by molar-refractivity contribution is 7.18. The number of carbonyl (C=O) groups is 1. The molecule has 4 aromatic rings. The Labute approximate surface area is 188 Å². The normalized spacial score (nSPS) is 21.5. The number of rotatable bonds is 5. The molecule has 5 heterocycles. The average molecular weight is 447 g/mol. The van der Waals surface area contributed by atoms with Crippen molar-refractivity contribution in [2.75, 3.05) is 13.1 Å². The van der Waals surface area contributed by atoms with Gasteiger partial charge in [0.25, 0.3) is 5.91 Å². The summed E-state index contributed by atoms with van der Waals surface area (Å²) < 4.78 is 12.4. The Morgan fingerprint density at radius 3 is 2.75 bits per heavy atom. The fourth-order valence-corrected chi connectivity index (χ4v) is 5.75. The van der Waals surface area contributed by atoms with Gasteiger partial charge in [0.05, 0.1) is 35.3 Å². The number of hydrazone groups is 1. The molecule has 0 saturated carbocycles. The summed E-state index contributed by atoms with van der Waals surface area (Å²) in [5.41, 5.74) is 1.78. The van der Waals surface area contributed by atoms with Gasteiger partial charge >= 0.3 is 0 Å². The van der Waals surface area contributed by atoms with Crippen LogP contribution in [0.25, 0.3) is 10.2 Å². The lowest BCUT2D eigenvalue weighted by molar-refractivity contribution is -0.134. The molecule has 1 aromatic carbocycles. The molecule has 6 rings (SSSR count). The highest BCUT2D eigenvalue weighted by Crippen LogP contribution is 2.38. The van der Waals surface area contributed by atoms with Gasteiger partial charge in [-0.25, -0.2) is 9.99 Å². The minimum atomic E-state index is -0.263. The second-order valence-corrected chi connectivity index (χ2v) is 9.21. The Morgan fingerprint density at radius 2 is 1.94 bits per heavy atom. The molecule has 0 radical (unpaired) electrons. The third kappa shape index (κ3) is 3.45. The van der Waals surface area contributed by atoms with Gasteiger partial charge in [-0.1, -0.05) is 12.1 Å². The Balaban J connectivity index is 1.25. The summed E-state index contributed by atoms with van der Waals surface area (Å²) >= 11 is 1.72. The number of hydrogen-bond donors (Lipinski definition) is 0. The molecular weight excluding hydrogens is 424 g/mol. The summed E-state index contributed by atoms with van der Waals surface area (Å²) in [7, 11) is 0. The zero-order valence-electron chi connectivity index (χ0n) is 17.4. The van der Waals surface area contributed by atoms with Crippen LogP contribution in [-0.4, -0.2) is 39.6 Å². The van der Waals surface area contributed by atoms with Crippen molar-refractivity contribution in [3.63, 3.8) is 0 Å². The Hall–Kier alpha value is -3.23. The van der Waals surface area contributed by atoms with Crippen LogP contribution < -0.4 is 0 Å². The van der Waals surface area contributed by atoms with E-state index in [1.54, 1.807) is 28.9 Å².